The zero-order valence-corrected chi connectivity index (χ0v) is 18.1. The third-order valence-electron chi connectivity index (χ3n) is 6.34. The molecule has 9 heteroatoms. The number of imidazole rings is 1. The van der Waals surface area contributed by atoms with Crippen LogP contribution in [0.4, 0.5) is 4.39 Å². The molecule has 3 aromatic rings. The molecule has 0 aliphatic carbocycles. The lowest BCUT2D eigenvalue weighted by Crippen LogP contribution is -2.43. The number of rotatable bonds is 5. The van der Waals surface area contributed by atoms with Gasteiger partial charge in [0.2, 0.25) is 5.91 Å². The summed E-state index contributed by atoms with van der Waals surface area (Å²) in [5.41, 5.74) is 2.03. The van der Waals surface area contributed by atoms with Gasteiger partial charge >= 0.3 is 0 Å². The third kappa shape index (κ3) is 4.54. The molecule has 0 radical (unpaired) electrons. The molecule has 8 nitrogen and oxygen atoms in total. The normalized spacial score (nSPS) is 18.7. The van der Waals surface area contributed by atoms with Crippen molar-refractivity contribution in [3.63, 3.8) is 0 Å². The molecule has 1 fully saturated rings. The monoisotopic (exact) mass is 452 g/mol. The number of amides is 2. The predicted molar refractivity (Wildman–Crippen MR) is 115 cm³/mol. The Morgan fingerprint density at radius 1 is 1.15 bits per heavy atom. The minimum absolute atomic E-state index is 0.0156. The van der Waals surface area contributed by atoms with E-state index in [2.05, 4.69) is 10.3 Å². The molecule has 0 spiro atoms. The lowest BCUT2D eigenvalue weighted by Gasteiger charge is -2.31. The van der Waals surface area contributed by atoms with Crippen LogP contribution in [0.3, 0.4) is 0 Å². The first-order valence-electron chi connectivity index (χ1n) is 11.1. The number of carbonyl (C=O) groups is 2. The van der Waals surface area contributed by atoms with Crippen LogP contribution >= 0.6 is 0 Å². The highest BCUT2D eigenvalue weighted by atomic mass is 19.1. The van der Waals surface area contributed by atoms with Gasteiger partial charge in [-0.2, -0.15) is 0 Å². The van der Waals surface area contributed by atoms with Crippen LogP contribution in [0.5, 0.6) is 0 Å². The molecule has 0 saturated carbocycles. The summed E-state index contributed by atoms with van der Waals surface area (Å²) in [6.07, 6.45) is 4.24. The van der Waals surface area contributed by atoms with Crippen LogP contribution in [0.1, 0.15) is 46.5 Å². The van der Waals surface area contributed by atoms with Crippen molar-refractivity contribution >= 4 is 11.8 Å². The van der Waals surface area contributed by atoms with Crippen molar-refractivity contribution in [1.82, 2.24) is 19.8 Å². The van der Waals surface area contributed by atoms with Gasteiger partial charge in [-0.3, -0.25) is 9.59 Å². The van der Waals surface area contributed by atoms with E-state index in [0.717, 1.165) is 11.3 Å². The molecule has 1 aromatic carbocycles. The highest BCUT2D eigenvalue weighted by Crippen LogP contribution is 2.29. The molecular formula is C24H25FN4O4. The van der Waals surface area contributed by atoms with Crippen LogP contribution in [-0.4, -0.2) is 39.4 Å². The summed E-state index contributed by atoms with van der Waals surface area (Å²) in [5.74, 6) is 0.147. The SMILES string of the molecule is O=C(NCc1ccco1)C1CCN(C(=O)c2ncn3c2CO[C@@H](c2ccc(F)cc2)C3)CC1. The standard InChI is InChI=1S/C24H25FN4O4/c25-18-5-3-16(4-6-18)21-13-29-15-27-22(20(29)14-33-21)24(31)28-9-7-17(8-10-28)23(30)26-12-19-2-1-11-32-19/h1-6,11,15,17,21H,7-10,12-14H2,(H,26,30)/t21-/m1/s1. The number of nitrogens with zero attached hydrogens (tertiary/aromatic N) is 3. The van der Waals surface area contributed by atoms with E-state index >= 15 is 0 Å². The molecule has 172 valence electrons. The predicted octanol–water partition coefficient (Wildman–Crippen LogP) is 3.06. The van der Waals surface area contributed by atoms with Crippen molar-refractivity contribution < 1.29 is 23.1 Å². The van der Waals surface area contributed by atoms with E-state index in [-0.39, 0.29) is 36.3 Å². The number of hydrogen-bond donors (Lipinski definition) is 1. The molecular weight excluding hydrogens is 427 g/mol. The number of likely N-dealkylation sites (tertiary alicyclic amines) is 1. The number of nitrogens with one attached hydrogen (secondary N) is 1. The second-order valence-electron chi connectivity index (χ2n) is 8.41. The number of piperidine rings is 1. The Balaban J connectivity index is 1.17. The molecule has 1 atom stereocenters. The quantitative estimate of drug-likeness (QED) is 0.643. The maximum Gasteiger partial charge on any atom is 0.274 e. The van der Waals surface area contributed by atoms with Gasteiger partial charge < -0.3 is 23.9 Å². The van der Waals surface area contributed by atoms with Crippen LogP contribution in [0.2, 0.25) is 0 Å². The molecule has 2 amide bonds. The van der Waals surface area contributed by atoms with Gasteiger partial charge in [-0.15, -0.1) is 0 Å². The number of fused-ring (bicyclic) bond motifs is 1. The number of halogens is 1. The second kappa shape index (κ2) is 9.19. The van der Waals surface area contributed by atoms with Crippen LogP contribution in [0.15, 0.2) is 53.4 Å². The summed E-state index contributed by atoms with van der Waals surface area (Å²) in [7, 11) is 0. The summed E-state index contributed by atoms with van der Waals surface area (Å²) < 4.78 is 26.3. The Morgan fingerprint density at radius 2 is 1.94 bits per heavy atom. The number of carbonyl (C=O) groups excluding carboxylic acids is 2. The molecule has 0 unspecified atom stereocenters. The summed E-state index contributed by atoms with van der Waals surface area (Å²) in [4.78, 5) is 31.7. The van der Waals surface area contributed by atoms with E-state index in [0.29, 0.717) is 50.5 Å². The van der Waals surface area contributed by atoms with Crippen molar-refractivity contribution in [1.29, 1.82) is 0 Å². The molecule has 0 bridgehead atoms. The number of ether oxygens (including phenoxy) is 1. The largest absolute Gasteiger partial charge is 0.467 e. The summed E-state index contributed by atoms with van der Waals surface area (Å²) in [6, 6.07) is 9.86. The van der Waals surface area contributed by atoms with E-state index in [1.54, 1.807) is 35.7 Å². The van der Waals surface area contributed by atoms with Crippen molar-refractivity contribution in [2.45, 2.75) is 38.6 Å². The topological polar surface area (TPSA) is 89.6 Å². The van der Waals surface area contributed by atoms with Gasteiger partial charge in [-0.05, 0) is 42.7 Å². The van der Waals surface area contributed by atoms with E-state index in [1.807, 2.05) is 10.6 Å². The van der Waals surface area contributed by atoms with Gasteiger partial charge in [-0.25, -0.2) is 9.37 Å². The fraction of sp³-hybridized carbons (Fsp3) is 0.375. The average Bonchev–Trinajstić information content (AvgIpc) is 3.52. The fourth-order valence-electron chi connectivity index (χ4n) is 4.41. The summed E-state index contributed by atoms with van der Waals surface area (Å²) in [5, 5.41) is 2.90. The second-order valence-corrected chi connectivity index (χ2v) is 8.41. The lowest BCUT2D eigenvalue weighted by molar-refractivity contribution is -0.126. The Morgan fingerprint density at radius 3 is 2.67 bits per heavy atom. The van der Waals surface area contributed by atoms with Gasteiger partial charge in [0, 0.05) is 19.0 Å². The first kappa shape index (κ1) is 21.4. The Hall–Kier alpha value is -3.46. The third-order valence-corrected chi connectivity index (χ3v) is 6.34. The molecule has 2 aromatic heterocycles. The average molecular weight is 452 g/mol. The Labute approximate surface area is 190 Å². The maximum absolute atomic E-state index is 13.2. The first-order chi connectivity index (χ1) is 16.1. The number of hydrogen-bond acceptors (Lipinski definition) is 5. The van der Waals surface area contributed by atoms with Gasteiger partial charge in [0.25, 0.3) is 5.91 Å². The van der Waals surface area contributed by atoms with Crippen LogP contribution in [0, 0.1) is 11.7 Å². The Kier molecular flexibility index (Phi) is 5.95. The summed E-state index contributed by atoms with van der Waals surface area (Å²) in [6.45, 7) is 2.14. The van der Waals surface area contributed by atoms with Crippen molar-refractivity contribution in [2.24, 2.45) is 5.92 Å². The van der Waals surface area contributed by atoms with Gasteiger partial charge in [-0.1, -0.05) is 12.1 Å². The molecule has 33 heavy (non-hydrogen) atoms. The molecule has 5 rings (SSSR count). The van der Waals surface area contributed by atoms with Crippen molar-refractivity contribution in [3.05, 3.63) is 77.5 Å². The van der Waals surface area contributed by atoms with Crippen LogP contribution < -0.4 is 5.32 Å². The zero-order chi connectivity index (χ0) is 22.8. The molecule has 2 aliphatic heterocycles. The summed E-state index contributed by atoms with van der Waals surface area (Å²) >= 11 is 0. The lowest BCUT2D eigenvalue weighted by atomic mass is 9.95. The minimum Gasteiger partial charge on any atom is -0.467 e. The van der Waals surface area contributed by atoms with E-state index in [1.165, 1.54) is 12.1 Å². The first-order valence-corrected chi connectivity index (χ1v) is 11.1. The van der Waals surface area contributed by atoms with Crippen molar-refractivity contribution in [3.8, 4) is 0 Å². The number of furan rings is 1. The van der Waals surface area contributed by atoms with E-state index < -0.39 is 0 Å². The van der Waals surface area contributed by atoms with Gasteiger partial charge in [0.1, 0.15) is 17.7 Å². The number of aromatic nitrogens is 2. The Bertz CT molecular complexity index is 1120. The highest BCUT2D eigenvalue weighted by molar-refractivity contribution is 5.93. The maximum atomic E-state index is 13.2. The highest BCUT2D eigenvalue weighted by Gasteiger charge is 2.32. The van der Waals surface area contributed by atoms with Crippen molar-refractivity contribution in [2.75, 3.05) is 13.1 Å². The molecule has 2 aliphatic rings. The molecule has 1 saturated heterocycles. The van der Waals surface area contributed by atoms with E-state index in [4.69, 9.17) is 9.15 Å². The van der Waals surface area contributed by atoms with Crippen LogP contribution in [0.25, 0.3) is 0 Å². The van der Waals surface area contributed by atoms with E-state index in [9.17, 15) is 14.0 Å². The fourth-order valence-corrected chi connectivity index (χ4v) is 4.41. The smallest absolute Gasteiger partial charge is 0.274 e. The van der Waals surface area contributed by atoms with Crippen LogP contribution in [-0.2, 0) is 29.2 Å². The number of benzene rings is 1. The van der Waals surface area contributed by atoms with Gasteiger partial charge in [0.05, 0.1) is 38.0 Å². The zero-order valence-electron chi connectivity index (χ0n) is 18.1. The minimum atomic E-state index is -0.287. The van der Waals surface area contributed by atoms with Gasteiger partial charge in [0.15, 0.2) is 5.69 Å². The molecule has 1 N–H and O–H groups in total. The molecule has 4 heterocycles.